The molecule has 0 atom stereocenters. The minimum Gasteiger partial charge on any atom is -0.478 e. The van der Waals surface area contributed by atoms with Gasteiger partial charge in [-0.1, -0.05) is 19.6 Å². The number of carboxylic acids is 2. The number of rotatable bonds is 3. The Morgan fingerprint density at radius 2 is 1.33 bits per heavy atom. The van der Waals surface area contributed by atoms with Gasteiger partial charge in [0.25, 0.3) is 0 Å². The smallest absolute Gasteiger partial charge is 0.335 e. The summed E-state index contributed by atoms with van der Waals surface area (Å²) in [4.78, 5) is 21.2. The molecular weight excluding hydrogens is 324 g/mol. The molecule has 0 aliphatic heterocycles. The lowest BCUT2D eigenvalue weighted by Gasteiger charge is -2.19. The summed E-state index contributed by atoms with van der Waals surface area (Å²) in [6.07, 6.45) is 0. The van der Waals surface area contributed by atoms with E-state index in [1.165, 1.54) is 12.1 Å². The lowest BCUT2D eigenvalue weighted by Crippen LogP contribution is -2.41. The molecule has 0 aromatic heterocycles. The van der Waals surface area contributed by atoms with Gasteiger partial charge in [-0.05, 0) is 47.7 Å². The van der Waals surface area contributed by atoms with Crippen molar-refractivity contribution in [2.45, 2.75) is 19.6 Å². The molecule has 24 heavy (non-hydrogen) atoms. The van der Waals surface area contributed by atoms with E-state index in [9.17, 15) is 9.59 Å². The molecule has 2 rings (SSSR count). The molecule has 0 saturated heterocycles. The summed E-state index contributed by atoms with van der Waals surface area (Å²) < 4.78 is 0. The molecule has 0 unspecified atom stereocenters. The third-order valence-corrected chi connectivity index (χ3v) is 5.27. The van der Waals surface area contributed by atoms with Gasteiger partial charge >= 0.3 is 11.9 Å². The minimum atomic E-state index is -1.63. The summed E-state index contributed by atoms with van der Waals surface area (Å²) in [6, 6.07) is 11.1. The summed E-state index contributed by atoms with van der Waals surface area (Å²) in [6.45, 7) is 6.32. The zero-order valence-corrected chi connectivity index (χ0v) is 14.9. The molecule has 6 N–H and O–H groups in total. The topological polar surface area (TPSA) is 127 Å². The first-order chi connectivity index (χ1) is 11.0. The average Bonchev–Trinajstić information content (AvgIpc) is 2.47. The highest BCUT2D eigenvalue weighted by Crippen LogP contribution is 2.11. The monoisotopic (exact) mass is 346 g/mol. The van der Waals surface area contributed by atoms with E-state index in [1.807, 2.05) is 0 Å². The third-order valence-electron chi connectivity index (χ3n) is 3.24. The number of nitrogen functional groups attached to an aromatic ring is 2. The zero-order chi connectivity index (χ0) is 18.5. The van der Waals surface area contributed by atoms with Crippen LogP contribution in [0.15, 0.2) is 42.5 Å². The molecule has 6 nitrogen and oxygen atoms in total. The Balaban J connectivity index is 0.000000254. The van der Waals surface area contributed by atoms with Crippen molar-refractivity contribution in [2.24, 2.45) is 0 Å². The Kier molecular flexibility index (Phi) is 6.13. The fourth-order valence-corrected chi connectivity index (χ4v) is 3.59. The van der Waals surface area contributed by atoms with Gasteiger partial charge in [-0.15, -0.1) is 0 Å². The molecule has 0 bridgehead atoms. The predicted octanol–water partition coefficient (Wildman–Crippen LogP) is 2.48. The van der Waals surface area contributed by atoms with Crippen LogP contribution in [0.2, 0.25) is 19.6 Å². The Morgan fingerprint density at radius 3 is 1.75 bits per heavy atom. The van der Waals surface area contributed by atoms with E-state index in [0.717, 1.165) is 5.19 Å². The molecule has 2 aromatic carbocycles. The van der Waals surface area contributed by atoms with Gasteiger partial charge in [0.15, 0.2) is 0 Å². The highest BCUT2D eigenvalue weighted by molar-refractivity contribution is 6.89. The van der Waals surface area contributed by atoms with Crippen LogP contribution in [-0.4, -0.2) is 30.2 Å². The predicted molar refractivity (Wildman–Crippen MR) is 98.6 cm³/mol. The lowest BCUT2D eigenvalue weighted by molar-refractivity contribution is 0.0686. The largest absolute Gasteiger partial charge is 0.478 e. The van der Waals surface area contributed by atoms with Gasteiger partial charge in [-0.25, -0.2) is 9.59 Å². The van der Waals surface area contributed by atoms with Crippen molar-refractivity contribution in [3.05, 3.63) is 53.6 Å². The van der Waals surface area contributed by atoms with Crippen LogP contribution in [0.3, 0.4) is 0 Å². The Labute approximate surface area is 141 Å². The fourth-order valence-electron chi connectivity index (χ4n) is 1.99. The van der Waals surface area contributed by atoms with E-state index in [0.29, 0.717) is 16.9 Å². The molecule has 7 heteroatoms. The van der Waals surface area contributed by atoms with Gasteiger partial charge in [0.1, 0.15) is 0 Å². The fraction of sp³-hybridized carbons (Fsp3) is 0.176. The molecule has 128 valence electrons. The van der Waals surface area contributed by atoms with E-state index in [2.05, 4.69) is 19.6 Å². The van der Waals surface area contributed by atoms with Crippen molar-refractivity contribution in [1.29, 1.82) is 0 Å². The first kappa shape index (κ1) is 19.2. The second-order valence-corrected chi connectivity index (χ2v) is 11.3. The molecule has 0 fully saturated rings. The Morgan fingerprint density at radius 1 is 0.833 bits per heavy atom. The average molecular weight is 346 g/mol. The molecular formula is C17H22N2O4Si. The molecule has 0 amide bonds. The SMILES string of the molecule is C[Si](C)(C)c1cc(N)ccc1C(=O)O.Nc1ccc(C(=O)O)cc1. The number of nitrogens with two attached hydrogens (primary N) is 2. The van der Waals surface area contributed by atoms with E-state index in [4.69, 9.17) is 21.7 Å². The van der Waals surface area contributed by atoms with Gasteiger partial charge in [-0.3, -0.25) is 0 Å². The molecule has 0 saturated carbocycles. The van der Waals surface area contributed by atoms with E-state index in [-0.39, 0.29) is 5.56 Å². The molecule has 0 radical (unpaired) electrons. The van der Waals surface area contributed by atoms with Crippen LogP contribution in [-0.2, 0) is 0 Å². The highest BCUT2D eigenvalue weighted by atomic mass is 28.3. The van der Waals surface area contributed by atoms with Gasteiger partial charge < -0.3 is 21.7 Å². The normalized spacial score (nSPS) is 10.5. The zero-order valence-electron chi connectivity index (χ0n) is 13.9. The second kappa shape index (κ2) is 7.65. The van der Waals surface area contributed by atoms with Gasteiger partial charge in [0, 0.05) is 11.4 Å². The van der Waals surface area contributed by atoms with Crippen molar-refractivity contribution in [2.75, 3.05) is 11.5 Å². The minimum absolute atomic E-state index is 0.259. The number of benzene rings is 2. The van der Waals surface area contributed by atoms with Crippen molar-refractivity contribution in [3.8, 4) is 0 Å². The summed E-state index contributed by atoms with van der Waals surface area (Å²) >= 11 is 0. The highest BCUT2D eigenvalue weighted by Gasteiger charge is 2.23. The Hall–Kier alpha value is -2.80. The molecule has 0 aliphatic rings. The molecule has 0 aliphatic carbocycles. The number of aromatic carboxylic acids is 2. The van der Waals surface area contributed by atoms with Crippen molar-refractivity contribution < 1.29 is 19.8 Å². The maximum Gasteiger partial charge on any atom is 0.335 e. The van der Waals surface area contributed by atoms with Gasteiger partial charge in [0.05, 0.1) is 19.2 Å². The van der Waals surface area contributed by atoms with Crippen LogP contribution >= 0.6 is 0 Å². The summed E-state index contributed by atoms with van der Waals surface area (Å²) in [5.41, 5.74) is 12.8. The number of anilines is 2. The van der Waals surface area contributed by atoms with Crippen LogP contribution in [0.1, 0.15) is 20.7 Å². The first-order valence-electron chi connectivity index (χ1n) is 7.24. The summed E-state index contributed by atoms with van der Waals surface area (Å²) in [5.74, 6) is -1.80. The molecule has 0 heterocycles. The van der Waals surface area contributed by atoms with Crippen LogP contribution in [0.25, 0.3) is 0 Å². The number of carboxylic acid groups (broad SMARTS) is 2. The molecule has 0 spiro atoms. The van der Waals surface area contributed by atoms with Crippen molar-refractivity contribution in [1.82, 2.24) is 0 Å². The number of hydrogen-bond donors (Lipinski definition) is 4. The van der Waals surface area contributed by atoms with Crippen LogP contribution in [0, 0.1) is 0 Å². The standard InChI is InChI=1S/C10H15NO2Si.C7H7NO2/c1-14(2,3)9-6-7(11)4-5-8(9)10(12)13;8-6-3-1-5(2-4-6)7(9)10/h4-6H,11H2,1-3H3,(H,12,13);1-4H,8H2,(H,9,10). The van der Waals surface area contributed by atoms with E-state index < -0.39 is 20.0 Å². The second-order valence-electron chi connectivity index (χ2n) is 6.29. The summed E-state index contributed by atoms with van der Waals surface area (Å²) in [5, 5.41) is 18.3. The number of carbonyl (C=O) groups is 2. The van der Waals surface area contributed by atoms with Crippen LogP contribution in [0.5, 0.6) is 0 Å². The maximum atomic E-state index is 11.0. The summed E-state index contributed by atoms with van der Waals surface area (Å²) in [7, 11) is -1.63. The first-order valence-corrected chi connectivity index (χ1v) is 10.7. The van der Waals surface area contributed by atoms with Gasteiger partial charge in [0.2, 0.25) is 0 Å². The van der Waals surface area contributed by atoms with Gasteiger partial charge in [-0.2, -0.15) is 0 Å². The van der Waals surface area contributed by atoms with Crippen molar-refractivity contribution >= 4 is 36.6 Å². The third kappa shape index (κ3) is 5.44. The Bertz CT molecular complexity index is 737. The quantitative estimate of drug-likeness (QED) is 0.499. The van der Waals surface area contributed by atoms with Crippen molar-refractivity contribution in [3.63, 3.8) is 0 Å². The van der Waals surface area contributed by atoms with E-state index in [1.54, 1.807) is 30.3 Å². The number of hydrogen-bond acceptors (Lipinski definition) is 4. The lowest BCUT2D eigenvalue weighted by atomic mass is 10.2. The molecule has 2 aromatic rings. The van der Waals surface area contributed by atoms with Crippen LogP contribution < -0.4 is 16.7 Å². The van der Waals surface area contributed by atoms with E-state index >= 15 is 0 Å². The van der Waals surface area contributed by atoms with Crippen LogP contribution in [0.4, 0.5) is 11.4 Å². The maximum absolute atomic E-state index is 11.0.